The number of hydrogen-bond donors (Lipinski definition) is 3. The van der Waals surface area contributed by atoms with Gasteiger partial charge in [0.1, 0.15) is 23.2 Å². The highest BCUT2D eigenvalue weighted by atomic mass is 32.1. The van der Waals surface area contributed by atoms with Crippen LogP contribution in [0, 0.1) is 0 Å². The van der Waals surface area contributed by atoms with Gasteiger partial charge in [-0.25, -0.2) is 0 Å². The van der Waals surface area contributed by atoms with E-state index in [9.17, 15) is 19.2 Å². The van der Waals surface area contributed by atoms with Crippen LogP contribution in [0.2, 0.25) is 0 Å². The highest BCUT2D eigenvalue weighted by Crippen LogP contribution is 2.42. The molecule has 0 aliphatic rings. The van der Waals surface area contributed by atoms with Gasteiger partial charge in [0, 0.05) is 5.56 Å². The molecular weight excluding hydrogens is 542 g/mol. The molecular formula is C26H29N5O8S. The number of rotatable bonds is 12. The summed E-state index contributed by atoms with van der Waals surface area (Å²) in [4.78, 5) is 53.0. The van der Waals surface area contributed by atoms with Gasteiger partial charge in [-0.1, -0.05) is 24.3 Å². The third-order valence-electron chi connectivity index (χ3n) is 5.67. The molecule has 0 fully saturated rings. The molecule has 3 rings (SSSR count). The molecule has 212 valence electrons. The van der Waals surface area contributed by atoms with Gasteiger partial charge in [-0.2, -0.15) is 4.37 Å². The summed E-state index contributed by atoms with van der Waals surface area (Å²) >= 11 is 0.646. The van der Waals surface area contributed by atoms with Crippen molar-refractivity contribution in [3.8, 4) is 17.2 Å². The summed E-state index contributed by atoms with van der Waals surface area (Å²) in [6.07, 6.45) is 0. The van der Waals surface area contributed by atoms with Gasteiger partial charge in [0.15, 0.2) is 17.2 Å². The van der Waals surface area contributed by atoms with E-state index < -0.39 is 36.3 Å². The number of nitrogen functional groups attached to an aromatic ring is 1. The number of nitrogens with zero attached hydrogens (tertiary/aromatic N) is 2. The number of para-hydroxylation sites is 3. The molecule has 0 saturated carbocycles. The lowest BCUT2D eigenvalue weighted by atomic mass is 10.0. The minimum Gasteiger partial charge on any atom is -0.495 e. The molecule has 0 aliphatic heterocycles. The Bertz CT molecular complexity index is 1410. The van der Waals surface area contributed by atoms with Crippen LogP contribution < -0.4 is 35.9 Å². The summed E-state index contributed by atoms with van der Waals surface area (Å²) < 4.78 is 25.4. The topological polar surface area (TPSA) is 185 Å². The van der Waals surface area contributed by atoms with Gasteiger partial charge in [-0.3, -0.25) is 24.1 Å². The van der Waals surface area contributed by atoms with Crippen molar-refractivity contribution in [2.75, 3.05) is 45.1 Å². The number of nitrogens with two attached hydrogens (primary N) is 2. The maximum Gasteiger partial charge on any atom is 0.325 e. The predicted octanol–water partition coefficient (Wildman–Crippen LogP) is 1.92. The molecule has 0 bridgehead atoms. The van der Waals surface area contributed by atoms with E-state index in [-0.39, 0.29) is 51.4 Å². The van der Waals surface area contributed by atoms with E-state index in [0.717, 1.165) is 4.90 Å². The second kappa shape index (κ2) is 13.3. The van der Waals surface area contributed by atoms with Gasteiger partial charge in [0.05, 0.1) is 39.3 Å². The summed E-state index contributed by atoms with van der Waals surface area (Å²) in [5.74, 6) is -2.49. The SMILES string of the molecule is CCOC(=O)CNC(=O)C(c1cccc(OC)c1OC)N(C(=O)c1snc(C(N)=O)c1N)c1ccccc1OC. The molecule has 3 amide bonds. The first-order valence-electron chi connectivity index (χ1n) is 11.9. The minimum atomic E-state index is -1.47. The predicted molar refractivity (Wildman–Crippen MR) is 147 cm³/mol. The fourth-order valence-corrected chi connectivity index (χ4v) is 4.67. The van der Waals surface area contributed by atoms with Crippen molar-refractivity contribution in [3.05, 3.63) is 58.6 Å². The summed E-state index contributed by atoms with van der Waals surface area (Å²) in [7, 11) is 4.20. The second-order valence-corrected chi connectivity index (χ2v) is 8.77. The highest BCUT2D eigenvalue weighted by molar-refractivity contribution is 7.09. The number of methoxy groups -OCH3 is 3. The van der Waals surface area contributed by atoms with Gasteiger partial charge >= 0.3 is 5.97 Å². The number of benzene rings is 2. The van der Waals surface area contributed by atoms with Crippen molar-refractivity contribution in [2.45, 2.75) is 13.0 Å². The molecule has 3 aromatic rings. The van der Waals surface area contributed by atoms with Gasteiger partial charge in [-0.05, 0) is 36.7 Å². The molecule has 40 heavy (non-hydrogen) atoms. The van der Waals surface area contributed by atoms with Crippen LogP contribution in [0.15, 0.2) is 42.5 Å². The van der Waals surface area contributed by atoms with Gasteiger partial charge in [0.2, 0.25) is 5.91 Å². The van der Waals surface area contributed by atoms with Gasteiger partial charge < -0.3 is 35.7 Å². The lowest BCUT2D eigenvalue weighted by Crippen LogP contribution is -2.45. The van der Waals surface area contributed by atoms with E-state index in [4.69, 9.17) is 30.4 Å². The smallest absolute Gasteiger partial charge is 0.325 e. The number of carbonyl (C=O) groups is 4. The van der Waals surface area contributed by atoms with Crippen molar-refractivity contribution in [1.82, 2.24) is 9.69 Å². The lowest BCUT2D eigenvalue weighted by Gasteiger charge is -2.33. The Morgan fingerprint density at radius 1 is 1.00 bits per heavy atom. The van der Waals surface area contributed by atoms with Crippen LogP contribution in [0.3, 0.4) is 0 Å². The zero-order chi connectivity index (χ0) is 29.4. The summed E-state index contributed by atoms with van der Waals surface area (Å²) in [6.45, 7) is 1.27. The fraction of sp³-hybridized carbons (Fsp3) is 0.269. The molecule has 1 heterocycles. The fourth-order valence-electron chi connectivity index (χ4n) is 3.93. The number of aromatic nitrogens is 1. The number of hydrogen-bond acceptors (Lipinski definition) is 11. The van der Waals surface area contributed by atoms with Gasteiger partial charge in [-0.15, -0.1) is 0 Å². The summed E-state index contributed by atoms with van der Waals surface area (Å²) in [5, 5.41) is 2.52. The Kier molecular flexibility index (Phi) is 9.86. The first-order chi connectivity index (χ1) is 19.2. The van der Waals surface area contributed by atoms with Crippen molar-refractivity contribution in [2.24, 2.45) is 5.73 Å². The summed E-state index contributed by atoms with van der Waals surface area (Å²) in [5.41, 5.74) is 11.3. The Morgan fingerprint density at radius 3 is 2.27 bits per heavy atom. The number of esters is 1. The maximum atomic E-state index is 14.2. The van der Waals surface area contributed by atoms with E-state index in [1.807, 2.05) is 0 Å². The lowest BCUT2D eigenvalue weighted by molar-refractivity contribution is -0.143. The number of amides is 3. The molecule has 1 aromatic heterocycles. The van der Waals surface area contributed by atoms with Crippen molar-refractivity contribution < 1.29 is 38.1 Å². The first-order valence-corrected chi connectivity index (χ1v) is 12.6. The van der Waals surface area contributed by atoms with Crippen molar-refractivity contribution >= 4 is 46.6 Å². The van der Waals surface area contributed by atoms with Crippen LogP contribution >= 0.6 is 11.5 Å². The largest absolute Gasteiger partial charge is 0.495 e. The van der Waals surface area contributed by atoms with Crippen LogP contribution in [-0.2, 0) is 14.3 Å². The van der Waals surface area contributed by atoms with Crippen molar-refractivity contribution in [1.29, 1.82) is 0 Å². The number of carbonyl (C=O) groups excluding carboxylic acids is 4. The third-order valence-corrected chi connectivity index (χ3v) is 6.52. The quantitative estimate of drug-likeness (QED) is 0.271. The molecule has 2 aromatic carbocycles. The maximum absolute atomic E-state index is 14.2. The number of primary amides is 1. The second-order valence-electron chi connectivity index (χ2n) is 7.99. The van der Waals surface area contributed by atoms with E-state index in [1.54, 1.807) is 49.4 Å². The number of anilines is 2. The van der Waals surface area contributed by atoms with Crippen LogP contribution in [0.5, 0.6) is 17.2 Å². The molecule has 13 nitrogen and oxygen atoms in total. The molecule has 14 heteroatoms. The summed E-state index contributed by atoms with van der Waals surface area (Å²) in [6, 6.07) is 9.79. The van der Waals surface area contributed by atoms with E-state index in [0.29, 0.717) is 11.5 Å². The Labute approximate surface area is 234 Å². The van der Waals surface area contributed by atoms with E-state index >= 15 is 0 Å². The van der Waals surface area contributed by atoms with Gasteiger partial charge in [0.25, 0.3) is 11.8 Å². The van der Waals surface area contributed by atoms with Crippen LogP contribution in [0.4, 0.5) is 11.4 Å². The number of ether oxygens (including phenoxy) is 4. The molecule has 0 spiro atoms. The average Bonchev–Trinajstić information content (AvgIpc) is 3.35. The van der Waals surface area contributed by atoms with Crippen molar-refractivity contribution in [3.63, 3.8) is 0 Å². The van der Waals surface area contributed by atoms with Crippen LogP contribution in [0.25, 0.3) is 0 Å². The van der Waals surface area contributed by atoms with E-state index in [1.165, 1.54) is 21.3 Å². The first kappa shape index (κ1) is 29.7. The Balaban J connectivity index is 2.31. The molecule has 0 saturated heterocycles. The molecule has 0 radical (unpaired) electrons. The molecule has 1 atom stereocenters. The van der Waals surface area contributed by atoms with Crippen LogP contribution in [0.1, 0.15) is 38.7 Å². The number of nitrogens with one attached hydrogen (secondary N) is 1. The highest BCUT2D eigenvalue weighted by Gasteiger charge is 2.39. The van der Waals surface area contributed by atoms with E-state index in [2.05, 4.69) is 9.69 Å². The van der Waals surface area contributed by atoms with Crippen LogP contribution in [-0.4, -0.2) is 62.5 Å². The minimum absolute atomic E-state index is 0.112. The monoisotopic (exact) mass is 571 g/mol. The zero-order valence-corrected chi connectivity index (χ0v) is 23.1. The molecule has 1 unspecified atom stereocenters. The normalized spacial score (nSPS) is 11.2. The Morgan fingerprint density at radius 2 is 1.68 bits per heavy atom. The third kappa shape index (κ3) is 6.07. The average molecular weight is 572 g/mol. The standard InChI is InChI=1S/C26H29N5O8S/c1-5-39-18(32)13-29-25(34)21(14-9-8-12-17(37-3)22(14)38-4)31(15-10-6-7-11-16(15)36-2)26(35)23-19(27)20(24(28)33)30-40-23/h6-12,21H,5,13,27H2,1-4H3,(H2,28,33)(H,29,34). The molecule has 0 aliphatic carbocycles. The Hall–Kier alpha value is -4.85. The molecule has 5 N–H and O–H groups in total. The zero-order valence-electron chi connectivity index (χ0n) is 22.3.